The summed E-state index contributed by atoms with van der Waals surface area (Å²) in [6.07, 6.45) is 7.15. The number of nitrogens with zero attached hydrogens (tertiary/aromatic N) is 2. The van der Waals surface area contributed by atoms with Gasteiger partial charge in [0.15, 0.2) is 11.5 Å². The van der Waals surface area contributed by atoms with Crippen LogP contribution in [0.3, 0.4) is 0 Å². The lowest BCUT2D eigenvalue weighted by atomic mass is 10.2. The Morgan fingerprint density at radius 1 is 1.16 bits per heavy atom. The highest BCUT2D eigenvalue weighted by Gasteiger charge is 2.28. The molecular weight excluding hydrogens is 338 g/mol. The molecule has 2 aromatic rings. The Morgan fingerprint density at radius 3 is 2.68 bits per heavy atom. The van der Waals surface area contributed by atoms with E-state index in [4.69, 9.17) is 9.47 Å². The zero-order chi connectivity index (χ0) is 17.2. The van der Waals surface area contributed by atoms with Gasteiger partial charge in [-0.3, -0.25) is 10.1 Å². The Hall–Kier alpha value is -2.15. The highest BCUT2D eigenvalue weighted by atomic mass is 32.1. The molecule has 1 N–H and O–H groups in total. The maximum atomic E-state index is 12.5. The number of aromatic nitrogens is 2. The molecule has 0 saturated heterocycles. The Bertz CT molecular complexity index is 767. The number of rotatable bonds is 6. The number of hydrogen-bond acceptors (Lipinski definition) is 6. The predicted octanol–water partition coefficient (Wildman–Crippen LogP) is 4.00. The Morgan fingerprint density at radius 2 is 1.96 bits per heavy atom. The zero-order valence-corrected chi connectivity index (χ0v) is 15.0. The largest absolute Gasteiger partial charge is 0.493 e. The van der Waals surface area contributed by atoms with Gasteiger partial charge in [0.25, 0.3) is 5.91 Å². The molecule has 7 heteroatoms. The zero-order valence-electron chi connectivity index (χ0n) is 14.2. The van der Waals surface area contributed by atoms with Crippen LogP contribution in [0.4, 0.5) is 5.13 Å². The Labute approximate surface area is 150 Å². The van der Waals surface area contributed by atoms with Crippen molar-refractivity contribution in [1.29, 1.82) is 0 Å². The van der Waals surface area contributed by atoms with E-state index in [9.17, 15) is 4.79 Å². The van der Waals surface area contributed by atoms with Crippen LogP contribution in [0, 0.1) is 0 Å². The molecule has 0 radical (unpaired) electrons. The lowest BCUT2D eigenvalue weighted by Gasteiger charge is -2.16. The molecule has 0 atom stereocenters. The van der Waals surface area contributed by atoms with Crippen LogP contribution < -0.4 is 14.8 Å². The lowest BCUT2D eigenvalue weighted by Crippen LogP contribution is -2.14. The summed E-state index contributed by atoms with van der Waals surface area (Å²) in [4.78, 5) is 12.5. The molecule has 1 aromatic carbocycles. The van der Waals surface area contributed by atoms with E-state index in [0.29, 0.717) is 28.1 Å². The van der Waals surface area contributed by atoms with Crippen LogP contribution in [0.15, 0.2) is 18.2 Å². The third-order valence-corrected chi connectivity index (χ3v) is 5.61. The Kier molecular flexibility index (Phi) is 4.57. The number of hydrogen-bond donors (Lipinski definition) is 1. The van der Waals surface area contributed by atoms with Crippen molar-refractivity contribution in [2.24, 2.45) is 0 Å². The number of amides is 1. The third-order valence-electron chi connectivity index (χ3n) is 4.61. The molecule has 2 aliphatic carbocycles. The topological polar surface area (TPSA) is 73.3 Å². The number of nitrogens with one attached hydrogen (secondary N) is 1. The van der Waals surface area contributed by atoms with Crippen molar-refractivity contribution in [1.82, 2.24) is 10.2 Å². The van der Waals surface area contributed by atoms with Gasteiger partial charge >= 0.3 is 0 Å². The summed E-state index contributed by atoms with van der Waals surface area (Å²) in [6, 6.07) is 5.27. The van der Waals surface area contributed by atoms with E-state index >= 15 is 0 Å². The maximum Gasteiger partial charge on any atom is 0.257 e. The molecule has 132 valence electrons. The van der Waals surface area contributed by atoms with E-state index in [2.05, 4.69) is 15.5 Å². The van der Waals surface area contributed by atoms with E-state index in [1.807, 2.05) is 6.07 Å². The summed E-state index contributed by atoms with van der Waals surface area (Å²) in [5.74, 6) is 1.59. The summed E-state index contributed by atoms with van der Waals surface area (Å²) in [6.45, 7) is 0. The van der Waals surface area contributed by atoms with Gasteiger partial charge in [-0.15, -0.1) is 10.2 Å². The van der Waals surface area contributed by atoms with Crippen molar-refractivity contribution >= 4 is 22.4 Å². The highest BCUT2D eigenvalue weighted by molar-refractivity contribution is 7.15. The second-order valence-corrected chi connectivity index (χ2v) is 7.57. The van der Waals surface area contributed by atoms with Gasteiger partial charge in [0.2, 0.25) is 5.13 Å². The van der Waals surface area contributed by atoms with E-state index in [-0.39, 0.29) is 12.0 Å². The van der Waals surface area contributed by atoms with Crippen LogP contribution in [-0.4, -0.2) is 29.3 Å². The summed E-state index contributed by atoms with van der Waals surface area (Å²) in [7, 11) is 1.59. The molecule has 0 aliphatic heterocycles. The normalized spacial score (nSPS) is 17.5. The first kappa shape index (κ1) is 16.3. The van der Waals surface area contributed by atoms with Gasteiger partial charge in [-0.1, -0.05) is 11.3 Å². The van der Waals surface area contributed by atoms with E-state index in [0.717, 1.165) is 17.8 Å². The minimum absolute atomic E-state index is 0.218. The summed E-state index contributed by atoms with van der Waals surface area (Å²) in [5, 5.41) is 12.6. The van der Waals surface area contributed by atoms with Gasteiger partial charge in [0.1, 0.15) is 5.01 Å². The standard InChI is InChI=1S/C18H21N3O3S/c1-23-15-10-12(8-9-14(15)24-13-4-2-3-5-13)16(22)19-18-21-20-17(25-18)11-6-7-11/h8-11,13H,2-7H2,1H3,(H,19,21,22). The van der Waals surface area contributed by atoms with Gasteiger partial charge in [0, 0.05) is 11.5 Å². The van der Waals surface area contributed by atoms with Gasteiger partial charge < -0.3 is 9.47 Å². The smallest absolute Gasteiger partial charge is 0.257 e. The van der Waals surface area contributed by atoms with Crippen LogP contribution in [0.5, 0.6) is 11.5 Å². The predicted molar refractivity (Wildman–Crippen MR) is 95.7 cm³/mol. The van der Waals surface area contributed by atoms with E-state index in [1.54, 1.807) is 19.2 Å². The second kappa shape index (κ2) is 7.00. The maximum absolute atomic E-state index is 12.5. The molecule has 25 heavy (non-hydrogen) atoms. The van der Waals surface area contributed by atoms with Crippen LogP contribution in [0.2, 0.25) is 0 Å². The first-order valence-electron chi connectivity index (χ1n) is 8.72. The fraction of sp³-hybridized carbons (Fsp3) is 0.500. The van der Waals surface area contributed by atoms with E-state index in [1.165, 1.54) is 37.0 Å². The lowest BCUT2D eigenvalue weighted by molar-refractivity contribution is 0.102. The van der Waals surface area contributed by atoms with Crippen LogP contribution >= 0.6 is 11.3 Å². The number of carbonyl (C=O) groups is 1. The molecule has 6 nitrogen and oxygen atoms in total. The fourth-order valence-electron chi connectivity index (χ4n) is 3.04. The van der Waals surface area contributed by atoms with Crippen LogP contribution in [-0.2, 0) is 0 Å². The van der Waals surface area contributed by atoms with Crippen LogP contribution in [0.25, 0.3) is 0 Å². The number of benzene rings is 1. The minimum Gasteiger partial charge on any atom is -0.493 e. The quantitative estimate of drug-likeness (QED) is 0.844. The Balaban J connectivity index is 1.45. The molecule has 0 unspecified atom stereocenters. The first-order chi connectivity index (χ1) is 12.2. The number of methoxy groups -OCH3 is 1. The van der Waals surface area contributed by atoms with Crippen molar-refractivity contribution < 1.29 is 14.3 Å². The molecule has 2 fully saturated rings. The SMILES string of the molecule is COc1cc(C(=O)Nc2nnc(C3CC3)s2)ccc1OC1CCCC1. The van der Waals surface area contributed by atoms with E-state index < -0.39 is 0 Å². The monoisotopic (exact) mass is 359 g/mol. The molecule has 2 saturated carbocycles. The molecule has 0 spiro atoms. The number of carbonyl (C=O) groups excluding carboxylic acids is 1. The molecule has 1 amide bonds. The summed E-state index contributed by atoms with van der Waals surface area (Å²) in [5.41, 5.74) is 0.513. The van der Waals surface area contributed by atoms with Crippen molar-refractivity contribution in [3.05, 3.63) is 28.8 Å². The third kappa shape index (κ3) is 3.76. The van der Waals surface area contributed by atoms with Crippen molar-refractivity contribution in [3.63, 3.8) is 0 Å². The number of ether oxygens (including phenoxy) is 2. The molecule has 4 rings (SSSR count). The average Bonchev–Trinajstić information content (AvgIpc) is 3.15. The molecule has 0 bridgehead atoms. The second-order valence-electron chi connectivity index (χ2n) is 6.56. The van der Waals surface area contributed by atoms with Gasteiger partial charge in [-0.2, -0.15) is 0 Å². The first-order valence-corrected chi connectivity index (χ1v) is 9.54. The fourth-order valence-corrected chi connectivity index (χ4v) is 3.95. The molecular formula is C18H21N3O3S. The number of anilines is 1. The van der Waals surface area contributed by atoms with Crippen molar-refractivity contribution in [2.75, 3.05) is 12.4 Å². The highest BCUT2D eigenvalue weighted by Crippen LogP contribution is 2.42. The summed E-state index contributed by atoms with van der Waals surface area (Å²) < 4.78 is 11.4. The molecule has 2 aliphatic rings. The molecule has 1 heterocycles. The van der Waals surface area contributed by atoms with Gasteiger partial charge in [0.05, 0.1) is 13.2 Å². The molecule has 1 aromatic heterocycles. The minimum atomic E-state index is -0.218. The summed E-state index contributed by atoms with van der Waals surface area (Å²) >= 11 is 1.45. The van der Waals surface area contributed by atoms with Crippen molar-refractivity contribution in [3.8, 4) is 11.5 Å². The van der Waals surface area contributed by atoms with Crippen molar-refractivity contribution in [2.45, 2.75) is 50.5 Å². The van der Waals surface area contributed by atoms with Gasteiger partial charge in [-0.25, -0.2) is 0 Å². The van der Waals surface area contributed by atoms with Crippen LogP contribution in [0.1, 0.15) is 59.8 Å². The van der Waals surface area contributed by atoms with Gasteiger partial charge in [-0.05, 0) is 56.7 Å². The average molecular weight is 359 g/mol.